The number of amides is 2. The summed E-state index contributed by atoms with van der Waals surface area (Å²) in [5, 5.41) is 5.50. The number of anilines is 1. The van der Waals surface area contributed by atoms with E-state index < -0.39 is 11.8 Å². The molecule has 0 spiro atoms. The Kier molecular flexibility index (Phi) is 4.60. The van der Waals surface area contributed by atoms with Crippen LogP contribution < -0.4 is 16.4 Å². The summed E-state index contributed by atoms with van der Waals surface area (Å²) < 4.78 is 13.5. The molecular formula is C15H22FN3O. The van der Waals surface area contributed by atoms with Crippen molar-refractivity contribution in [3.8, 4) is 0 Å². The van der Waals surface area contributed by atoms with Gasteiger partial charge in [-0.25, -0.2) is 9.18 Å². The third-order valence-electron chi connectivity index (χ3n) is 3.98. The Labute approximate surface area is 118 Å². The highest BCUT2D eigenvalue weighted by Crippen LogP contribution is 2.31. The number of carbonyl (C=O) groups is 1. The lowest BCUT2D eigenvalue weighted by Gasteiger charge is -2.39. The lowest BCUT2D eigenvalue weighted by atomic mass is 9.76. The summed E-state index contributed by atoms with van der Waals surface area (Å²) in [4.78, 5) is 12.1. The predicted molar refractivity (Wildman–Crippen MR) is 78.0 cm³/mol. The Morgan fingerprint density at radius 2 is 2.25 bits per heavy atom. The molecule has 110 valence electrons. The second kappa shape index (κ2) is 6.22. The van der Waals surface area contributed by atoms with Gasteiger partial charge in [0.1, 0.15) is 5.82 Å². The van der Waals surface area contributed by atoms with E-state index in [1.54, 1.807) is 12.1 Å². The quantitative estimate of drug-likeness (QED) is 0.796. The number of rotatable bonds is 3. The molecule has 1 aliphatic rings. The molecule has 1 aromatic carbocycles. The van der Waals surface area contributed by atoms with Crippen molar-refractivity contribution in [2.24, 2.45) is 11.7 Å². The van der Waals surface area contributed by atoms with Crippen molar-refractivity contribution in [1.29, 1.82) is 0 Å². The van der Waals surface area contributed by atoms with Crippen LogP contribution in [0.15, 0.2) is 24.3 Å². The molecule has 4 nitrogen and oxygen atoms in total. The molecule has 2 atom stereocenters. The van der Waals surface area contributed by atoms with Crippen molar-refractivity contribution < 1.29 is 9.18 Å². The number of hydrogen-bond acceptors (Lipinski definition) is 2. The summed E-state index contributed by atoms with van der Waals surface area (Å²) in [5.41, 5.74) is 5.67. The van der Waals surface area contributed by atoms with Gasteiger partial charge in [0.2, 0.25) is 0 Å². The molecule has 2 amide bonds. The van der Waals surface area contributed by atoms with Crippen LogP contribution in [0.5, 0.6) is 0 Å². The number of nitrogens with one attached hydrogen (secondary N) is 2. The van der Waals surface area contributed by atoms with Crippen LogP contribution in [0.4, 0.5) is 14.9 Å². The van der Waals surface area contributed by atoms with E-state index in [4.69, 9.17) is 5.73 Å². The van der Waals surface area contributed by atoms with E-state index >= 15 is 0 Å². The van der Waals surface area contributed by atoms with Crippen LogP contribution in [0, 0.1) is 11.7 Å². The molecule has 0 aliphatic heterocycles. The standard InChI is InChI=1S/C15H22FN3O/c1-11-5-4-8-15(9-11,10-17)19-14(20)18-13-7-3-2-6-12(13)16/h2-3,6-7,11H,4-5,8-10,17H2,1H3,(H2,18,19,20). The minimum atomic E-state index is -0.443. The predicted octanol–water partition coefficient (Wildman–Crippen LogP) is 2.85. The number of hydrogen-bond donors (Lipinski definition) is 3. The first kappa shape index (κ1) is 14.8. The monoisotopic (exact) mass is 279 g/mol. The second-order valence-electron chi connectivity index (χ2n) is 5.74. The molecule has 5 heteroatoms. The maximum Gasteiger partial charge on any atom is 0.319 e. The molecule has 20 heavy (non-hydrogen) atoms. The molecule has 0 saturated heterocycles. The Morgan fingerprint density at radius 1 is 1.50 bits per heavy atom. The molecule has 0 bridgehead atoms. The molecule has 1 fully saturated rings. The summed E-state index contributed by atoms with van der Waals surface area (Å²) in [5.74, 6) is 0.0996. The molecule has 0 aromatic heterocycles. The fraction of sp³-hybridized carbons (Fsp3) is 0.533. The highest BCUT2D eigenvalue weighted by Gasteiger charge is 2.35. The van der Waals surface area contributed by atoms with Gasteiger partial charge in [-0.3, -0.25) is 0 Å². The van der Waals surface area contributed by atoms with Crippen molar-refractivity contribution >= 4 is 11.7 Å². The summed E-state index contributed by atoms with van der Waals surface area (Å²) in [6.45, 7) is 2.57. The summed E-state index contributed by atoms with van der Waals surface area (Å²) in [6, 6.07) is 5.72. The molecule has 2 unspecified atom stereocenters. The summed E-state index contributed by atoms with van der Waals surface area (Å²) in [7, 11) is 0. The largest absolute Gasteiger partial charge is 0.331 e. The number of nitrogens with two attached hydrogens (primary N) is 1. The summed E-state index contributed by atoms with van der Waals surface area (Å²) in [6.07, 6.45) is 3.96. The van der Waals surface area contributed by atoms with Crippen LogP contribution in [0.3, 0.4) is 0 Å². The Balaban J connectivity index is 2.01. The maximum absolute atomic E-state index is 13.5. The van der Waals surface area contributed by atoms with Crippen LogP contribution in [0.2, 0.25) is 0 Å². The first-order valence-corrected chi connectivity index (χ1v) is 7.08. The van der Waals surface area contributed by atoms with Crippen LogP contribution in [0.25, 0.3) is 0 Å². The smallest absolute Gasteiger partial charge is 0.319 e. The van der Waals surface area contributed by atoms with Crippen LogP contribution in [-0.2, 0) is 0 Å². The van der Waals surface area contributed by atoms with Gasteiger partial charge in [0.25, 0.3) is 0 Å². The van der Waals surface area contributed by atoms with Gasteiger partial charge in [-0.2, -0.15) is 0 Å². The average molecular weight is 279 g/mol. The van der Waals surface area contributed by atoms with Crippen molar-refractivity contribution in [3.63, 3.8) is 0 Å². The molecule has 4 N–H and O–H groups in total. The number of para-hydroxylation sites is 1. The second-order valence-corrected chi connectivity index (χ2v) is 5.74. The minimum absolute atomic E-state index is 0.182. The first-order valence-electron chi connectivity index (χ1n) is 7.08. The fourth-order valence-corrected chi connectivity index (χ4v) is 2.97. The van der Waals surface area contributed by atoms with Crippen LogP contribution in [0.1, 0.15) is 32.6 Å². The first-order chi connectivity index (χ1) is 9.54. The van der Waals surface area contributed by atoms with E-state index in [-0.39, 0.29) is 11.2 Å². The Bertz CT molecular complexity index is 480. The topological polar surface area (TPSA) is 67.1 Å². The number of urea groups is 1. The van der Waals surface area contributed by atoms with E-state index in [0.717, 1.165) is 19.3 Å². The number of halogens is 1. The fourth-order valence-electron chi connectivity index (χ4n) is 2.97. The van der Waals surface area contributed by atoms with Crippen molar-refractivity contribution in [2.45, 2.75) is 38.1 Å². The molecule has 0 radical (unpaired) electrons. The van der Waals surface area contributed by atoms with Crippen molar-refractivity contribution in [3.05, 3.63) is 30.1 Å². The third-order valence-corrected chi connectivity index (χ3v) is 3.98. The van der Waals surface area contributed by atoms with E-state index in [2.05, 4.69) is 17.6 Å². The van der Waals surface area contributed by atoms with Gasteiger partial charge in [-0.05, 0) is 30.9 Å². The van der Waals surface area contributed by atoms with Gasteiger partial charge < -0.3 is 16.4 Å². The maximum atomic E-state index is 13.5. The molecule has 2 rings (SSSR count). The third kappa shape index (κ3) is 3.48. The Morgan fingerprint density at radius 3 is 2.90 bits per heavy atom. The van der Waals surface area contributed by atoms with E-state index in [1.165, 1.54) is 18.6 Å². The number of carbonyl (C=O) groups excluding carboxylic acids is 1. The molecule has 1 aliphatic carbocycles. The van der Waals surface area contributed by atoms with E-state index in [9.17, 15) is 9.18 Å². The molecular weight excluding hydrogens is 257 g/mol. The van der Waals surface area contributed by atoms with Gasteiger partial charge in [-0.1, -0.05) is 31.9 Å². The van der Waals surface area contributed by atoms with Crippen molar-refractivity contribution in [1.82, 2.24) is 5.32 Å². The Hall–Kier alpha value is -1.62. The molecule has 1 aromatic rings. The highest BCUT2D eigenvalue weighted by molar-refractivity contribution is 5.89. The zero-order valence-electron chi connectivity index (χ0n) is 11.8. The molecule has 1 saturated carbocycles. The van der Waals surface area contributed by atoms with E-state index in [0.29, 0.717) is 12.5 Å². The zero-order chi connectivity index (χ0) is 14.6. The van der Waals surface area contributed by atoms with E-state index in [1.807, 2.05) is 0 Å². The normalized spacial score (nSPS) is 26.1. The average Bonchev–Trinajstić information content (AvgIpc) is 2.41. The summed E-state index contributed by atoms with van der Waals surface area (Å²) >= 11 is 0. The van der Waals surface area contributed by atoms with Gasteiger partial charge >= 0.3 is 6.03 Å². The van der Waals surface area contributed by atoms with Gasteiger partial charge in [-0.15, -0.1) is 0 Å². The van der Waals surface area contributed by atoms with Crippen LogP contribution in [-0.4, -0.2) is 18.1 Å². The van der Waals surface area contributed by atoms with Gasteiger partial charge in [0.15, 0.2) is 0 Å². The van der Waals surface area contributed by atoms with Gasteiger partial charge in [0.05, 0.1) is 11.2 Å². The lowest BCUT2D eigenvalue weighted by molar-refractivity contribution is 0.191. The van der Waals surface area contributed by atoms with Crippen LogP contribution >= 0.6 is 0 Å². The highest BCUT2D eigenvalue weighted by atomic mass is 19.1. The SMILES string of the molecule is CC1CCCC(CN)(NC(=O)Nc2ccccc2F)C1. The van der Waals surface area contributed by atoms with Crippen molar-refractivity contribution in [2.75, 3.05) is 11.9 Å². The van der Waals surface area contributed by atoms with Gasteiger partial charge in [0, 0.05) is 6.54 Å². The molecule has 0 heterocycles. The minimum Gasteiger partial charge on any atom is -0.331 e. The zero-order valence-corrected chi connectivity index (χ0v) is 11.8. The lowest BCUT2D eigenvalue weighted by Crippen LogP contribution is -2.57. The number of benzene rings is 1.